The molecule has 3 aromatic heterocycles. The van der Waals surface area contributed by atoms with Crippen molar-refractivity contribution in [1.29, 1.82) is 0 Å². The Balaban J connectivity index is 0.000000188. The SMILES string of the molecule is CCOC(=O)c1cc(-c2cc3ccccc3o2)c(C(=O)OCC)cc1-c1cc2ccccc2o1.CCOC(=O)c1cc(Br)c(C(=O)OCC)cc1Br.OB(O)c1cc2ccccc2o1. The molecule has 16 heteroatoms. The third kappa shape index (κ3) is 11.0. The van der Waals surface area contributed by atoms with Gasteiger partial charge in [0.15, 0.2) is 0 Å². The second kappa shape index (κ2) is 21.8. The molecule has 13 nitrogen and oxygen atoms in total. The molecule has 0 radical (unpaired) electrons. The standard InChI is InChI=1S/C28H22O6.C12H12Br2O4.C8H7BO3/c1-3-31-27(29)21-15-20(26-14-18-10-6-8-12-24(18)34-26)22(28(30)32-4-2)16-19(21)25-13-17-9-5-7-11-23(17)33-25;1-3-17-11(15)7-5-10(14)8(6-9(7)13)12(16)18-4-2;10-9(11)8-5-6-3-1-2-4-7(6)12-8/h5-16H,3-4H2,1-2H3;5-6H,3-4H2,1-2H3;1-5,10-11H. The van der Waals surface area contributed by atoms with E-state index in [1.807, 2.05) is 78.9 Å². The molecule has 0 saturated heterocycles. The molecule has 8 aromatic rings. The van der Waals surface area contributed by atoms with E-state index in [0.29, 0.717) is 72.7 Å². The van der Waals surface area contributed by atoms with Gasteiger partial charge in [-0.1, -0.05) is 54.6 Å². The Bertz CT molecular complexity index is 2690. The fourth-order valence-corrected chi connectivity index (χ4v) is 7.41. The van der Waals surface area contributed by atoms with E-state index < -0.39 is 31.0 Å². The number of carbonyl (C=O) groups excluding carboxylic acids is 4. The number of hydrogen-bond acceptors (Lipinski definition) is 13. The van der Waals surface area contributed by atoms with Crippen LogP contribution in [0.3, 0.4) is 0 Å². The van der Waals surface area contributed by atoms with Gasteiger partial charge in [0, 0.05) is 36.2 Å². The van der Waals surface area contributed by atoms with Gasteiger partial charge in [-0.05, 0) is 120 Å². The van der Waals surface area contributed by atoms with Gasteiger partial charge in [0.05, 0.1) is 48.7 Å². The molecule has 0 unspecified atom stereocenters. The Morgan fingerprint density at radius 2 is 0.797 bits per heavy atom. The van der Waals surface area contributed by atoms with Crippen LogP contribution in [0.4, 0.5) is 0 Å². The number of rotatable bonds is 11. The maximum Gasteiger partial charge on any atom is 0.526 e. The number of carbonyl (C=O) groups is 4. The molecule has 8 rings (SSSR count). The minimum atomic E-state index is -1.53. The number of para-hydroxylation sites is 3. The van der Waals surface area contributed by atoms with Crippen molar-refractivity contribution in [3.8, 4) is 22.6 Å². The summed E-state index contributed by atoms with van der Waals surface area (Å²) in [5.74, 6) is -1.03. The molecule has 2 N–H and O–H groups in total. The molecule has 0 aliphatic heterocycles. The molecule has 5 aromatic carbocycles. The Morgan fingerprint density at radius 3 is 1.12 bits per heavy atom. The quantitative estimate of drug-likeness (QED) is 0.0709. The first-order valence-electron chi connectivity index (χ1n) is 20.0. The fourth-order valence-electron chi connectivity index (χ4n) is 6.40. The zero-order valence-electron chi connectivity index (χ0n) is 35.0. The number of fused-ring (bicyclic) bond motifs is 3. The van der Waals surface area contributed by atoms with Crippen LogP contribution < -0.4 is 5.66 Å². The summed E-state index contributed by atoms with van der Waals surface area (Å²) in [6, 6.07) is 34.0. The highest BCUT2D eigenvalue weighted by atomic mass is 79.9. The molecule has 0 saturated carbocycles. The van der Waals surface area contributed by atoms with Crippen LogP contribution in [0.1, 0.15) is 69.1 Å². The van der Waals surface area contributed by atoms with Gasteiger partial charge in [0.25, 0.3) is 0 Å². The Morgan fingerprint density at radius 1 is 0.469 bits per heavy atom. The molecule has 0 atom stereocenters. The maximum atomic E-state index is 13.0. The first kappa shape index (κ1) is 47.0. The highest BCUT2D eigenvalue weighted by Gasteiger charge is 2.26. The molecule has 0 aliphatic rings. The molecule has 0 aliphatic carbocycles. The lowest BCUT2D eigenvalue weighted by Crippen LogP contribution is -2.27. The predicted molar refractivity (Wildman–Crippen MR) is 249 cm³/mol. The van der Waals surface area contributed by atoms with E-state index in [1.54, 1.807) is 52.0 Å². The third-order valence-electron chi connectivity index (χ3n) is 9.28. The summed E-state index contributed by atoms with van der Waals surface area (Å²) in [6.07, 6.45) is 0. The molecule has 3 heterocycles. The monoisotopic (exact) mass is 994 g/mol. The Labute approximate surface area is 384 Å². The zero-order valence-corrected chi connectivity index (χ0v) is 38.2. The summed E-state index contributed by atoms with van der Waals surface area (Å²) in [5.41, 5.74) is 4.33. The smallest absolute Gasteiger partial charge is 0.465 e. The molecular formula is C48H41BBr2O13. The van der Waals surface area contributed by atoms with Crippen LogP contribution in [-0.4, -0.2) is 67.5 Å². The van der Waals surface area contributed by atoms with Crippen LogP contribution in [0.15, 0.2) is 137 Å². The van der Waals surface area contributed by atoms with Crippen LogP contribution in [-0.2, 0) is 18.9 Å². The minimum Gasteiger partial charge on any atom is -0.465 e. The van der Waals surface area contributed by atoms with Crippen LogP contribution in [0.2, 0.25) is 0 Å². The second-order valence-electron chi connectivity index (χ2n) is 13.5. The summed E-state index contributed by atoms with van der Waals surface area (Å²) in [4.78, 5) is 49.3. The fraction of sp³-hybridized carbons (Fsp3) is 0.167. The number of hydrogen-bond donors (Lipinski definition) is 2. The van der Waals surface area contributed by atoms with Gasteiger partial charge < -0.3 is 42.2 Å². The Kier molecular flexibility index (Phi) is 16.0. The summed E-state index contributed by atoms with van der Waals surface area (Å²) in [5, 5.41) is 20.2. The van der Waals surface area contributed by atoms with Crippen molar-refractivity contribution in [2.24, 2.45) is 0 Å². The summed E-state index contributed by atoms with van der Waals surface area (Å²) in [7, 11) is -1.53. The van der Waals surface area contributed by atoms with Crippen molar-refractivity contribution >= 4 is 101 Å². The van der Waals surface area contributed by atoms with Crippen molar-refractivity contribution in [2.75, 3.05) is 26.4 Å². The van der Waals surface area contributed by atoms with Gasteiger partial charge in [0.1, 0.15) is 33.9 Å². The van der Waals surface area contributed by atoms with Gasteiger partial charge >= 0.3 is 31.0 Å². The summed E-state index contributed by atoms with van der Waals surface area (Å²) < 4.78 is 38.7. The van der Waals surface area contributed by atoms with Crippen molar-refractivity contribution < 1.29 is 61.4 Å². The second-order valence-corrected chi connectivity index (χ2v) is 15.2. The van der Waals surface area contributed by atoms with Gasteiger partial charge in [-0.3, -0.25) is 0 Å². The minimum absolute atomic E-state index is 0.177. The number of esters is 4. The molecule has 0 bridgehead atoms. The first-order chi connectivity index (χ1) is 30.9. The van der Waals surface area contributed by atoms with Crippen molar-refractivity contribution in [1.82, 2.24) is 0 Å². The zero-order chi connectivity index (χ0) is 45.9. The number of halogens is 2. The average molecular weight is 996 g/mol. The number of benzene rings is 5. The van der Waals surface area contributed by atoms with E-state index in [0.717, 1.165) is 16.2 Å². The lowest BCUT2D eigenvalue weighted by atomic mass is 9.88. The van der Waals surface area contributed by atoms with Crippen molar-refractivity contribution in [3.05, 3.63) is 146 Å². The topological polar surface area (TPSA) is 185 Å². The molecule has 64 heavy (non-hydrogen) atoms. The summed E-state index contributed by atoms with van der Waals surface area (Å²) >= 11 is 6.48. The van der Waals surface area contributed by atoms with E-state index in [9.17, 15) is 19.2 Å². The van der Waals surface area contributed by atoms with E-state index in [2.05, 4.69) is 31.9 Å². The van der Waals surface area contributed by atoms with Crippen LogP contribution in [0, 0.1) is 0 Å². The van der Waals surface area contributed by atoms with E-state index in [1.165, 1.54) is 12.1 Å². The summed E-state index contributed by atoms with van der Waals surface area (Å²) in [6.45, 7) is 7.94. The van der Waals surface area contributed by atoms with Crippen LogP contribution >= 0.6 is 31.9 Å². The van der Waals surface area contributed by atoms with Crippen LogP contribution in [0.5, 0.6) is 0 Å². The Hall–Kier alpha value is -6.46. The maximum absolute atomic E-state index is 13.0. The molecule has 0 fully saturated rings. The predicted octanol–water partition coefficient (Wildman–Crippen LogP) is 10.5. The lowest BCUT2D eigenvalue weighted by Gasteiger charge is -2.13. The molecule has 0 amide bonds. The van der Waals surface area contributed by atoms with E-state index in [-0.39, 0.29) is 30.0 Å². The number of furan rings is 3. The molecule has 328 valence electrons. The molecule has 0 spiro atoms. The van der Waals surface area contributed by atoms with Gasteiger partial charge in [-0.2, -0.15) is 0 Å². The highest BCUT2D eigenvalue weighted by Crippen LogP contribution is 2.38. The lowest BCUT2D eigenvalue weighted by molar-refractivity contribution is 0.0509. The van der Waals surface area contributed by atoms with E-state index in [4.69, 9.17) is 42.2 Å². The van der Waals surface area contributed by atoms with E-state index >= 15 is 0 Å². The largest absolute Gasteiger partial charge is 0.526 e. The van der Waals surface area contributed by atoms with Crippen molar-refractivity contribution in [2.45, 2.75) is 27.7 Å². The normalized spacial score (nSPS) is 10.7. The first-order valence-corrected chi connectivity index (χ1v) is 21.6. The van der Waals surface area contributed by atoms with Crippen LogP contribution in [0.25, 0.3) is 55.6 Å². The van der Waals surface area contributed by atoms with Gasteiger partial charge in [0.2, 0.25) is 0 Å². The number of ether oxygens (including phenoxy) is 4. The average Bonchev–Trinajstić information content (AvgIpc) is 4.05. The van der Waals surface area contributed by atoms with Crippen molar-refractivity contribution in [3.63, 3.8) is 0 Å². The van der Waals surface area contributed by atoms with Gasteiger partial charge in [-0.25, -0.2) is 19.2 Å². The van der Waals surface area contributed by atoms with Gasteiger partial charge in [-0.15, -0.1) is 0 Å². The molecular weight excluding hydrogens is 955 g/mol. The third-order valence-corrected chi connectivity index (χ3v) is 10.6. The highest BCUT2D eigenvalue weighted by molar-refractivity contribution is 9.11.